The number of unbranched alkanes of at least 4 members (excludes halogenated alkanes) is 2. The molecule has 0 amide bonds. The van der Waals surface area contributed by atoms with Crippen LogP contribution in [0.3, 0.4) is 0 Å². The molecule has 2 heteroatoms. The van der Waals surface area contributed by atoms with Crippen LogP contribution < -0.4 is 0 Å². The first-order chi connectivity index (χ1) is 6.16. The summed E-state index contributed by atoms with van der Waals surface area (Å²) in [7, 11) is 0. The number of ether oxygens (including phenoxy) is 1. The third kappa shape index (κ3) is 3.21. The zero-order valence-electron chi connectivity index (χ0n) is 8.51. The van der Waals surface area contributed by atoms with Crippen molar-refractivity contribution in [3.63, 3.8) is 0 Å². The van der Waals surface area contributed by atoms with E-state index in [0.717, 1.165) is 12.8 Å². The molecule has 0 saturated carbocycles. The second-order valence-corrected chi connectivity index (χ2v) is 3.97. The summed E-state index contributed by atoms with van der Waals surface area (Å²) < 4.78 is 5.48. The molecular weight excluding hydrogens is 164 g/mol. The van der Waals surface area contributed by atoms with Crippen molar-refractivity contribution in [1.29, 1.82) is 0 Å². The highest BCUT2D eigenvalue weighted by molar-refractivity contribution is 5.90. The summed E-state index contributed by atoms with van der Waals surface area (Å²) in [5.41, 5.74) is -0.235. The van der Waals surface area contributed by atoms with Crippen molar-refractivity contribution in [2.24, 2.45) is 0 Å². The maximum Gasteiger partial charge on any atom is 0.162 e. The third-order valence-corrected chi connectivity index (χ3v) is 2.46. The highest BCUT2D eigenvalue weighted by Crippen LogP contribution is 2.26. The van der Waals surface area contributed by atoms with Crippen LogP contribution in [0.1, 0.15) is 46.0 Å². The Morgan fingerprint density at radius 3 is 2.92 bits per heavy atom. The van der Waals surface area contributed by atoms with Gasteiger partial charge in [-0.25, -0.2) is 0 Å². The summed E-state index contributed by atoms with van der Waals surface area (Å²) >= 11 is 0. The van der Waals surface area contributed by atoms with Crippen molar-refractivity contribution in [3.05, 3.63) is 12.3 Å². The highest BCUT2D eigenvalue weighted by atomic mass is 16.5. The van der Waals surface area contributed by atoms with Crippen LogP contribution in [-0.2, 0) is 9.53 Å². The Morgan fingerprint density at radius 1 is 1.54 bits per heavy atom. The standard InChI is InChI=1S/C11H18O2/c1-3-4-5-7-11(2)9-10(12)6-8-13-11/h6,8H,3-5,7,9H2,1-2H3. The topological polar surface area (TPSA) is 26.3 Å². The molecule has 13 heavy (non-hydrogen) atoms. The molecule has 1 rings (SSSR count). The van der Waals surface area contributed by atoms with Gasteiger partial charge in [-0.2, -0.15) is 0 Å². The second-order valence-electron chi connectivity index (χ2n) is 3.97. The molecule has 0 aromatic carbocycles. The minimum Gasteiger partial charge on any atom is -0.495 e. The number of carbonyl (C=O) groups excluding carboxylic acids is 1. The molecular formula is C11H18O2. The summed E-state index contributed by atoms with van der Waals surface area (Å²) in [6.45, 7) is 4.19. The molecule has 0 radical (unpaired) electrons. The second kappa shape index (κ2) is 4.45. The van der Waals surface area contributed by atoms with Gasteiger partial charge >= 0.3 is 0 Å². The van der Waals surface area contributed by atoms with Crippen LogP contribution in [-0.4, -0.2) is 11.4 Å². The maximum absolute atomic E-state index is 11.1. The van der Waals surface area contributed by atoms with Gasteiger partial charge < -0.3 is 4.74 Å². The summed E-state index contributed by atoms with van der Waals surface area (Å²) in [5, 5.41) is 0. The van der Waals surface area contributed by atoms with Crippen LogP contribution in [0.5, 0.6) is 0 Å². The molecule has 0 saturated heterocycles. The molecule has 0 aromatic heterocycles. The van der Waals surface area contributed by atoms with Crippen molar-refractivity contribution >= 4 is 5.78 Å². The van der Waals surface area contributed by atoms with Crippen LogP contribution in [0.2, 0.25) is 0 Å². The Morgan fingerprint density at radius 2 is 2.31 bits per heavy atom. The van der Waals surface area contributed by atoms with E-state index >= 15 is 0 Å². The smallest absolute Gasteiger partial charge is 0.162 e. The quantitative estimate of drug-likeness (QED) is 0.625. The molecule has 1 atom stereocenters. The fourth-order valence-corrected chi connectivity index (χ4v) is 1.64. The summed E-state index contributed by atoms with van der Waals surface area (Å²) in [6, 6.07) is 0. The number of hydrogen-bond donors (Lipinski definition) is 0. The van der Waals surface area contributed by atoms with Gasteiger partial charge in [0.15, 0.2) is 5.78 Å². The molecule has 1 unspecified atom stereocenters. The van der Waals surface area contributed by atoms with Gasteiger partial charge in [0.25, 0.3) is 0 Å². The summed E-state index contributed by atoms with van der Waals surface area (Å²) in [6.07, 6.45) is 8.15. The van der Waals surface area contributed by atoms with Crippen LogP contribution in [0.15, 0.2) is 12.3 Å². The van der Waals surface area contributed by atoms with Gasteiger partial charge in [-0.3, -0.25) is 4.79 Å². The van der Waals surface area contributed by atoms with Crippen LogP contribution >= 0.6 is 0 Å². The Bertz CT molecular complexity index is 208. The van der Waals surface area contributed by atoms with E-state index in [0.29, 0.717) is 6.42 Å². The molecule has 0 fully saturated rings. The summed E-state index contributed by atoms with van der Waals surface area (Å²) in [4.78, 5) is 11.1. The molecule has 0 aromatic rings. The predicted octanol–water partition coefficient (Wildman–Crippen LogP) is 2.83. The van der Waals surface area contributed by atoms with Crippen LogP contribution in [0, 0.1) is 0 Å². The first-order valence-corrected chi connectivity index (χ1v) is 5.03. The molecule has 1 aliphatic heterocycles. The van der Waals surface area contributed by atoms with E-state index in [-0.39, 0.29) is 11.4 Å². The lowest BCUT2D eigenvalue weighted by molar-refractivity contribution is -0.121. The minimum atomic E-state index is -0.235. The Kier molecular flexibility index (Phi) is 3.52. The highest BCUT2D eigenvalue weighted by Gasteiger charge is 2.29. The molecule has 2 nitrogen and oxygen atoms in total. The number of ketones is 1. The van der Waals surface area contributed by atoms with Crippen LogP contribution in [0.4, 0.5) is 0 Å². The van der Waals surface area contributed by atoms with Gasteiger partial charge in [0.1, 0.15) is 5.60 Å². The molecule has 74 valence electrons. The lowest BCUT2D eigenvalue weighted by atomic mass is 9.91. The fourth-order valence-electron chi connectivity index (χ4n) is 1.64. The van der Waals surface area contributed by atoms with E-state index in [1.807, 2.05) is 6.92 Å². The van der Waals surface area contributed by atoms with Gasteiger partial charge in [0, 0.05) is 12.5 Å². The number of allylic oxidation sites excluding steroid dienone is 1. The van der Waals surface area contributed by atoms with Gasteiger partial charge in [-0.15, -0.1) is 0 Å². The van der Waals surface area contributed by atoms with Crippen molar-refractivity contribution in [2.45, 2.75) is 51.6 Å². The van der Waals surface area contributed by atoms with E-state index in [1.54, 1.807) is 0 Å². The van der Waals surface area contributed by atoms with Crippen molar-refractivity contribution < 1.29 is 9.53 Å². The minimum absolute atomic E-state index is 0.185. The van der Waals surface area contributed by atoms with Crippen LogP contribution in [0.25, 0.3) is 0 Å². The molecule has 0 aliphatic carbocycles. The first-order valence-electron chi connectivity index (χ1n) is 5.03. The van der Waals surface area contributed by atoms with Gasteiger partial charge in [-0.05, 0) is 19.8 Å². The Hall–Kier alpha value is -0.790. The molecule has 1 aliphatic rings. The van der Waals surface area contributed by atoms with E-state index in [2.05, 4.69) is 6.92 Å². The zero-order valence-corrected chi connectivity index (χ0v) is 8.51. The van der Waals surface area contributed by atoms with Gasteiger partial charge in [-0.1, -0.05) is 19.8 Å². The zero-order chi connectivity index (χ0) is 9.73. The average Bonchev–Trinajstić information content (AvgIpc) is 2.04. The molecule has 1 heterocycles. The van der Waals surface area contributed by atoms with Gasteiger partial charge in [0.05, 0.1) is 6.26 Å². The summed E-state index contributed by atoms with van der Waals surface area (Å²) in [5.74, 6) is 0.185. The van der Waals surface area contributed by atoms with E-state index in [1.165, 1.54) is 25.2 Å². The predicted molar refractivity (Wildman–Crippen MR) is 52.4 cm³/mol. The van der Waals surface area contributed by atoms with Gasteiger partial charge in [0.2, 0.25) is 0 Å². The number of hydrogen-bond acceptors (Lipinski definition) is 2. The monoisotopic (exact) mass is 182 g/mol. The van der Waals surface area contributed by atoms with E-state index < -0.39 is 0 Å². The van der Waals surface area contributed by atoms with E-state index in [9.17, 15) is 4.79 Å². The molecule has 0 N–H and O–H groups in total. The first kappa shape index (κ1) is 10.3. The maximum atomic E-state index is 11.1. The number of carbonyl (C=O) groups is 1. The Labute approximate surface area is 80.0 Å². The normalized spacial score (nSPS) is 27.4. The lowest BCUT2D eigenvalue weighted by Crippen LogP contribution is -2.32. The van der Waals surface area contributed by atoms with E-state index in [4.69, 9.17) is 4.74 Å². The fraction of sp³-hybridized carbons (Fsp3) is 0.727. The average molecular weight is 182 g/mol. The van der Waals surface area contributed by atoms with Crippen molar-refractivity contribution in [1.82, 2.24) is 0 Å². The Balaban J connectivity index is 2.38. The SMILES string of the molecule is CCCCCC1(C)CC(=O)C=CO1. The lowest BCUT2D eigenvalue weighted by Gasteiger charge is -2.30. The molecule has 0 spiro atoms. The largest absolute Gasteiger partial charge is 0.495 e. The number of rotatable bonds is 4. The van der Waals surface area contributed by atoms with Crippen molar-refractivity contribution in [3.8, 4) is 0 Å². The third-order valence-electron chi connectivity index (χ3n) is 2.46. The molecule has 0 bridgehead atoms. The van der Waals surface area contributed by atoms with Crippen molar-refractivity contribution in [2.75, 3.05) is 0 Å².